The van der Waals surface area contributed by atoms with Crippen LogP contribution >= 0.6 is 0 Å². The molecule has 430 valence electrons. The Balaban J connectivity index is 1.76. The number of aliphatic hydroxyl groups is 10. The predicted octanol–water partition coefficient (Wildman–Crippen LogP) is 3.94. The molecule has 0 bridgehead atoms. The van der Waals surface area contributed by atoms with Crippen LogP contribution in [0.1, 0.15) is 121 Å². The van der Waals surface area contributed by atoms with Crippen LogP contribution in [0.15, 0.2) is 109 Å². The first-order valence-corrected chi connectivity index (χ1v) is 27.0. The molecule has 1 saturated carbocycles. The van der Waals surface area contributed by atoms with Gasteiger partial charge in [0.05, 0.1) is 80.0 Å². The van der Waals surface area contributed by atoms with Gasteiger partial charge in [-0.3, -0.25) is 19.2 Å². The summed E-state index contributed by atoms with van der Waals surface area (Å²) in [6, 6.07) is 6.27. The highest BCUT2D eigenvalue weighted by atomic mass is 16.5. The van der Waals surface area contributed by atoms with E-state index in [1.807, 2.05) is 50.3 Å². The number of rotatable bonds is 10. The van der Waals surface area contributed by atoms with Gasteiger partial charge in [0.15, 0.2) is 5.78 Å². The monoisotopic (exact) mass is 1080 g/mol. The smallest absolute Gasteiger partial charge is 0.308 e. The highest BCUT2D eigenvalue weighted by molar-refractivity contribution is 5.99. The summed E-state index contributed by atoms with van der Waals surface area (Å²) < 4.78 is 12.1. The number of nitrogens with two attached hydrogens (primary N) is 1. The van der Waals surface area contributed by atoms with Gasteiger partial charge >= 0.3 is 5.97 Å². The molecule has 77 heavy (non-hydrogen) atoms. The van der Waals surface area contributed by atoms with Crippen molar-refractivity contribution < 1.29 is 79.7 Å². The number of hydrogen-bond donors (Lipinski definition) is 12. The second-order valence-corrected chi connectivity index (χ2v) is 20.9. The first-order valence-electron chi connectivity index (χ1n) is 27.0. The van der Waals surface area contributed by atoms with Gasteiger partial charge in [-0.2, -0.15) is 0 Å². The molecule has 17 atom stereocenters. The molecule has 1 aromatic rings. The van der Waals surface area contributed by atoms with Gasteiger partial charge in [-0.05, 0) is 81.5 Å². The molecule has 12 unspecified atom stereocenters. The summed E-state index contributed by atoms with van der Waals surface area (Å²) in [5, 5.41) is 111. The van der Waals surface area contributed by atoms with Crippen molar-refractivity contribution >= 4 is 29.0 Å². The van der Waals surface area contributed by atoms with Gasteiger partial charge in [-0.1, -0.05) is 106 Å². The number of aliphatic hydroxyl groups excluding tert-OH is 10. The first kappa shape index (κ1) is 66.5. The minimum Gasteiger partial charge on any atom is -0.462 e. The zero-order valence-electron chi connectivity index (χ0n) is 45.1. The fourth-order valence-electron chi connectivity index (χ4n) is 9.30. The number of allylic oxidation sites excluding steroid dienone is 12. The van der Waals surface area contributed by atoms with E-state index in [2.05, 4.69) is 5.32 Å². The fourth-order valence-corrected chi connectivity index (χ4v) is 9.30. The molecule has 3 rings (SSSR count). The quantitative estimate of drug-likeness (QED) is 0.0897. The highest BCUT2D eigenvalue weighted by Gasteiger charge is 2.41. The van der Waals surface area contributed by atoms with Gasteiger partial charge in [0.1, 0.15) is 23.8 Å². The van der Waals surface area contributed by atoms with E-state index >= 15 is 0 Å². The number of Topliss-reactive ketones (excluding diaryl/α,β-unsaturated/α-hetero) is 3. The van der Waals surface area contributed by atoms with Crippen molar-refractivity contribution in [3.05, 3.63) is 115 Å². The van der Waals surface area contributed by atoms with Crippen molar-refractivity contribution in [2.24, 2.45) is 23.5 Å². The second-order valence-electron chi connectivity index (χ2n) is 20.9. The molecule has 1 heterocycles. The van der Waals surface area contributed by atoms with Gasteiger partial charge in [-0.15, -0.1) is 0 Å². The third kappa shape index (κ3) is 26.1. The molecule has 0 radical (unpaired) electrons. The number of esters is 1. The Morgan fingerprint density at radius 2 is 1.16 bits per heavy atom. The molecule has 0 spiro atoms. The molecule has 18 heteroatoms. The van der Waals surface area contributed by atoms with Crippen LogP contribution in [0, 0.1) is 17.8 Å². The van der Waals surface area contributed by atoms with Crippen LogP contribution < -0.4 is 11.1 Å². The van der Waals surface area contributed by atoms with Gasteiger partial charge < -0.3 is 71.6 Å². The summed E-state index contributed by atoms with van der Waals surface area (Å²) in [6.45, 7) is 5.23. The summed E-state index contributed by atoms with van der Waals surface area (Å²) in [7, 11) is 1.77. The second kappa shape index (κ2) is 35.7. The average molecular weight is 1080 g/mol. The molecule has 0 amide bonds. The lowest BCUT2D eigenvalue weighted by Gasteiger charge is -2.41. The Morgan fingerprint density at radius 3 is 1.71 bits per heavy atom. The minimum atomic E-state index is -1.39. The summed E-state index contributed by atoms with van der Waals surface area (Å²) in [5.41, 5.74) is 7.40. The maximum atomic E-state index is 13.2. The Kier molecular flexibility index (Phi) is 30.8. The van der Waals surface area contributed by atoms with E-state index in [9.17, 15) is 70.2 Å². The lowest BCUT2D eigenvalue weighted by Crippen LogP contribution is -2.57. The molecule has 1 aromatic carbocycles. The molecule has 1 aliphatic carbocycles. The van der Waals surface area contributed by atoms with Crippen LogP contribution in [-0.4, -0.2) is 167 Å². The number of benzene rings is 1. The largest absolute Gasteiger partial charge is 0.462 e. The molecule has 0 saturated heterocycles. The van der Waals surface area contributed by atoms with Crippen LogP contribution in [0.4, 0.5) is 5.69 Å². The van der Waals surface area contributed by atoms with Crippen molar-refractivity contribution in [3.8, 4) is 0 Å². The number of ether oxygens (including phenoxy) is 2. The molecule has 1 aliphatic heterocycles. The van der Waals surface area contributed by atoms with Crippen LogP contribution in [0.3, 0.4) is 0 Å². The van der Waals surface area contributed by atoms with E-state index in [1.165, 1.54) is 6.92 Å². The molecule has 13 N–H and O–H groups in total. The summed E-state index contributed by atoms with van der Waals surface area (Å²) >= 11 is 0. The van der Waals surface area contributed by atoms with E-state index in [1.54, 1.807) is 79.9 Å². The molecule has 2 aliphatic rings. The summed E-state index contributed by atoms with van der Waals surface area (Å²) in [5.74, 6) is -3.61. The molecule has 0 aromatic heterocycles. The maximum absolute atomic E-state index is 13.2. The average Bonchev–Trinajstić information content (AvgIpc) is 3.35. The molecule has 1 fully saturated rings. The van der Waals surface area contributed by atoms with E-state index in [0.29, 0.717) is 24.8 Å². The third-order valence-corrected chi connectivity index (χ3v) is 14.1. The van der Waals surface area contributed by atoms with E-state index in [4.69, 9.17) is 15.2 Å². The summed E-state index contributed by atoms with van der Waals surface area (Å²) in [6.07, 6.45) is 7.85. The SMILES string of the molecule is CNc1ccc(C(=O)CC(O)CCCC2OC(=O)CC(O)CC(O)CC(O)CC(O)CC(O)CC(=O)CC(=O)CC(O)C(C)C(O)CC(O[C@H]3C[C@H](C)[C@@H](N)[C@H](O)[C@@H]3O)/C=C/C=C/C=C/C=C/C=C/C=C/C=C/C2C)cc1. The Hall–Kier alpha value is -4.80. The zero-order chi connectivity index (χ0) is 57.0. The minimum absolute atomic E-state index is 0.0603. The van der Waals surface area contributed by atoms with Gasteiger partial charge in [0.25, 0.3) is 0 Å². The number of carbonyl (C=O) groups excluding carboxylic acids is 4. The fraction of sp³-hybridized carbons (Fsp3) is 0.593. The number of ketones is 3. The maximum Gasteiger partial charge on any atom is 0.308 e. The highest BCUT2D eigenvalue weighted by Crippen LogP contribution is 2.29. The standard InChI is InChI=1S/C59H88N2O16/c1-37-18-15-13-11-9-7-5-6-8-10-12-14-16-20-50(76-55-26-38(2)57(60)59(75)58(55)74)36-52(71)39(3)51(70)34-48(68)31-46(66)29-44(64)27-43(63)28-45(65)30-47(67)32-49(69)35-56(73)77-54(37)21-17-19-42(62)33-53(72)40-22-24-41(61-4)25-23-40/h5-16,18,20,22-25,37-39,42-45,47,49-52,54-55,57-59,61-65,67,69-71,74-75H,17,19,21,26-36,60H2,1-4H3/b6-5+,9-7+,10-8+,13-11+,14-12+,18-15+,20-16+/t37?,38-,39?,42?,43?,44?,45?,47?,49?,50?,51?,52?,54?,55-,57+,58+,59-/m0/s1. The van der Waals surface area contributed by atoms with E-state index < -0.39 is 135 Å². The van der Waals surface area contributed by atoms with Crippen LogP contribution in [0.2, 0.25) is 0 Å². The first-order chi connectivity index (χ1) is 36.6. The predicted molar refractivity (Wildman–Crippen MR) is 293 cm³/mol. The number of cyclic esters (lactones) is 1. The van der Waals surface area contributed by atoms with Gasteiger partial charge in [-0.25, -0.2) is 0 Å². The molecular weight excluding hydrogens is 993 g/mol. The van der Waals surface area contributed by atoms with Crippen molar-refractivity contribution in [2.45, 2.75) is 196 Å². The number of nitrogens with one attached hydrogen (secondary N) is 1. The van der Waals surface area contributed by atoms with Gasteiger partial charge in [0.2, 0.25) is 0 Å². The van der Waals surface area contributed by atoms with Crippen molar-refractivity contribution in [1.82, 2.24) is 0 Å². The van der Waals surface area contributed by atoms with Crippen LogP contribution in [0.25, 0.3) is 0 Å². The van der Waals surface area contributed by atoms with Gasteiger partial charge in [0, 0.05) is 61.9 Å². The Bertz CT molecular complexity index is 2140. The van der Waals surface area contributed by atoms with E-state index in [-0.39, 0.29) is 62.6 Å². The normalized spacial score (nSPS) is 36.4. The molecular formula is C59H88N2O16. The lowest BCUT2D eigenvalue weighted by molar-refractivity contribution is -0.154. The lowest BCUT2D eigenvalue weighted by atomic mass is 9.80. The van der Waals surface area contributed by atoms with Crippen LogP contribution in [-0.2, 0) is 23.9 Å². The topological polar surface area (TPSA) is 327 Å². The third-order valence-electron chi connectivity index (χ3n) is 14.1. The van der Waals surface area contributed by atoms with Crippen LogP contribution in [0.5, 0.6) is 0 Å². The van der Waals surface area contributed by atoms with Crippen molar-refractivity contribution in [3.63, 3.8) is 0 Å². The Labute approximate surface area is 454 Å². The number of hydrogen-bond acceptors (Lipinski definition) is 18. The number of anilines is 1. The summed E-state index contributed by atoms with van der Waals surface area (Å²) in [4.78, 5) is 51.7. The van der Waals surface area contributed by atoms with Crippen molar-refractivity contribution in [2.75, 3.05) is 12.4 Å². The van der Waals surface area contributed by atoms with Crippen molar-refractivity contribution in [1.29, 1.82) is 0 Å². The number of carbonyl (C=O) groups is 4. The Morgan fingerprint density at radius 1 is 0.649 bits per heavy atom. The molecule has 18 nitrogen and oxygen atoms in total. The zero-order valence-corrected chi connectivity index (χ0v) is 45.1. The van der Waals surface area contributed by atoms with E-state index in [0.717, 1.165) is 5.69 Å².